The maximum Gasteiger partial charge on any atom is 0.322 e. The molecule has 110 valence electrons. The van der Waals surface area contributed by atoms with Crippen LogP contribution in [-0.2, 0) is 12.8 Å². The zero-order chi connectivity index (χ0) is 14.2. The van der Waals surface area contributed by atoms with Gasteiger partial charge in [-0.05, 0) is 50.3 Å². The van der Waals surface area contributed by atoms with Crippen LogP contribution in [0.25, 0.3) is 0 Å². The Bertz CT molecular complexity index is 651. The van der Waals surface area contributed by atoms with E-state index in [1.54, 1.807) is 11.3 Å². The average molecular weight is 304 g/mol. The molecule has 0 spiro atoms. The van der Waals surface area contributed by atoms with E-state index in [1.165, 1.54) is 16.9 Å². The number of aromatic nitrogens is 2. The van der Waals surface area contributed by atoms with Gasteiger partial charge in [-0.15, -0.1) is 16.4 Å². The lowest BCUT2D eigenvalue weighted by molar-refractivity contribution is 0.102. The van der Waals surface area contributed by atoms with E-state index >= 15 is 0 Å². The molecule has 0 radical (unpaired) electrons. The van der Waals surface area contributed by atoms with Crippen molar-refractivity contribution >= 4 is 23.3 Å². The molecule has 1 aliphatic heterocycles. The maximum absolute atomic E-state index is 12.2. The molecule has 6 nitrogen and oxygen atoms in total. The second-order valence-corrected chi connectivity index (χ2v) is 6.60. The molecular formula is C14H16N4O2S. The predicted molar refractivity (Wildman–Crippen MR) is 78.6 cm³/mol. The van der Waals surface area contributed by atoms with Crippen molar-refractivity contribution in [2.45, 2.75) is 38.1 Å². The lowest BCUT2D eigenvalue weighted by Gasteiger charge is -2.02. The normalized spacial score (nSPS) is 20.7. The Labute approximate surface area is 126 Å². The van der Waals surface area contributed by atoms with Gasteiger partial charge in [-0.3, -0.25) is 10.1 Å². The van der Waals surface area contributed by atoms with E-state index in [2.05, 4.69) is 20.8 Å². The fourth-order valence-electron chi connectivity index (χ4n) is 2.92. The van der Waals surface area contributed by atoms with Crippen molar-refractivity contribution in [3.63, 3.8) is 0 Å². The van der Waals surface area contributed by atoms with Crippen molar-refractivity contribution in [1.29, 1.82) is 0 Å². The van der Waals surface area contributed by atoms with Crippen LogP contribution in [0, 0.1) is 0 Å². The Kier molecular flexibility index (Phi) is 3.23. The van der Waals surface area contributed by atoms with Crippen molar-refractivity contribution in [3.8, 4) is 0 Å². The molecule has 1 atom stereocenters. The topological polar surface area (TPSA) is 80.0 Å². The molecule has 1 unspecified atom stereocenters. The lowest BCUT2D eigenvalue weighted by Crippen LogP contribution is -2.13. The first-order valence-electron chi connectivity index (χ1n) is 7.29. The van der Waals surface area contributed by atoms with Gasteiger partial charge in [0.05, 0.1) is 10.9 Å². The number of thiophene rings is 1. The van der Waals surface area contributed by atoms with Crippen LogP contribution in [0.4, 0.5) is 6.01 Å². The summed E-state index contributed by atoms with van der Waals surface area (Å²) in [7, 11) is 0. The average Bonchev–Trinajstić information content (AvgIpc) is 3.22. The van der Waals surface area contributed by atoms with E-state index in [-0.39, 0.29) is 18.0 Å². The number of fused-ring (bicyclic) bond motifs is 1. The van der Waals surface area contributed by atoms with Crippen LogP contribution < -0.4 is 10.6 Å². The highest BCUT2D eigenvalue weighted by Gasteiger charge is 2.23. The fraction of sp³-hybridized carbons (Fsp3) is 0.500. The van der Waals surface area contributed by atoms with Gasteiger partial charge < -0.3 is 9.73 Å². The number of nitrogens with one attached hydrogen (secondary N) is 2. The van der Waals surface area contributed by atoms with E-state index in [0.717, 1.165) is 37.1 Å². The highest BCUT2D eigenvalue weighted by Crippen LogP contribution is 2.31. The van der Waals surface area contributed by atoms with Crippen LogP contribution in [0.2, 0.25) is 0 Å². The molecule has 21 heavy (non-hydrogen) atoms. The Hall–Kier alpha value is -1.73. The highest BCUT2D eigenvalue weighted by atomic mass is 32.1. The van der Waals surface area contributed by atoms with Crippen LogP contribution in [0.5, 0.6) is 0 Å². The molecule has 1 saturated heterocycles. The third-order valence-corrected chi connectivity index (χ3v) is 5.23. The van der Waals surface area contributed by atoms with Crippen molar-refractivity contribution in [2.24, 2.45) is 0 Å². The molecule has 2 aliphatic rings. The molecule has 3 heterocycles. The number of amides is 1. The predicted octanol–water partition coefficient (Wildman–Crippen LogP) is 2.30. The molecule has 2 aromatic heterocycles. The molecule has 0 bridgehead atoms. The number of anilines is 1. The SMILES string of the molecule is O=C(Nc1nnc(C2CCCN2)o1)c1cc2c(s1)CCC2. The van der Waals surface area contributed by atoms with Crippen molar-refractivity contribution in [1.82, 2.24) is 15.5 Å². The minimum Gasteiger partial charge on any atom is -0.406 e. The van der Waals surface area contributed by atoms with Crippen LogP contribution >= 0.6 is 11.3 Å². The number of hydrogen-bond donors (Lipinski definition) is 2. The maximum atomic E-state index is 12.2. The summed E-state index contributed by atoms with van der Waals surface area (Å²) in [5.41, 5.74) is 1.31. The van der Waals surface area contributed by atoms with E-state index < -0.39 is 0 Å². The van der Waals surface area contributed by atoms with Gasteiger partial charge in [-0.25, -0.2) is 0 Å². The molecule has 2 N–H and O–H groups in total. The molecule has 2 aromatic rings. The highest BCUT2D eigenvalue weighted by molar-refractivity contribution is 7.14. The van der Waals surface area contributed by atoms with Gasteiger partial charge in [0.15, 0.2) is 0 Å². The lowest BCUT2D eigenvalue weighted by atomic mass is 10.2. The molecule has 0 saturated carbocycles. The number of rotatable bonds is 3. The minimum atomic E-state index is -0.163. The first kappa shape index (κ1) is 13.0. The van der Waals surface area contributed by atoms with E-state index in [0.29, 0.717) is 5.89 Å². The number of carbonyl (C=O) groups is 1. The smallest absolute Gasteiger partial charge is 0.322 e. The Balaban J connectivity index is 1.46. The third-order valence-electron chi connectivity index (χ3n) is 3.99. The van der Waals surface area contributed by atoms with Crippen molar-refractivity contribution < 1.29 is 9.21 Å². The van der Waals surface area contributed by atoms with Gasteiger partial charge in [-0.1, -0.05) is 5.10 Å². The summed E-state index contributed by atoms with van der Waals surface area (Å²) in [6, 6.07) is 2.28. The summed E-state index contributed by atoms with van der Waals surface area (Å²) in [4.78, 5) is 14.3. The van der Waals surface area contributed by atoms with Crippen molar-refractivity contribution in [3.05, 3.63) is 27.3 Å². The number of carbonyl (C=O) groups excluding carboxylic acids is 1. The molecule has 7 heteroatoms. The summed E-state index contributed by atoms with van der Waals surface area (Å²) in [5, 5.41) is 13.9. The summed E-state index contributed by atoms with van der Waals surface area (Å²) >= 11 is 1.57. The Morgan fingerprint density at radius 2 is 2.33 bits per heavy atom. The number of nitrogens with zero attached hydrogens (tertiary/aromatic N) is 2. The second-order valence-electron chi connectivity index (χ2n) is 5.46. The molecule has 1 aliphatic carbocycles. The zero-order valence-electron chi connectivity index (χ0n) is 11.5. The second kappa shape index (κ2) is 5.23. The summed E-state index contributed by atoms with van der Waals surface area (Å²) in [6.45, 7) is 0.968. The monoisotopic (exact) mass is 304 g/mol. The van der Waals surface area contributed by atoms with Gasteiger partial charge >= 0.3 is 6.01 Å². The Morgan fingerprint density at radius 3 is 3.14 bits per heavy atom. The zero-order valence-corrected chi connectivity index (χ0v) is 12.3. The van der Waals surface area contributed by atoms with E-state index in [4.69, 9.17) is 4.42 Å². The van der Waals surface area contributed by atoms with Crippen molar-refractivity contribution in [2.75, 3.05) is 11.9 Å². The van der Waals surface area contributed by atoms with Gasteiger partial charge in [0.25, 0.3) is 5.91 Å². The van der Waals surface area contributed by atoms with E-state index in [1.807, 2.05) is 6.07 Å². The van der Waals surface area contributed by atoms with Gasteiger partial charge in [0.1, 0.15) is 0 Å². The van der Waals surface area contributed by atoms with Crippen LogP contribution in [0.15, 0.2) is 10.5 Å². The largest absolute Gasteiger partial charge is 0.406 e. The summed E-state index contributed by atoms with van der Waals surface area (Å²) in [5.74, 6) is 0.389. The molecule has 1 fully saturated rings. The van der Waals surface area contributed by atoms with Gasteiger partial charge in [0.2, 0.25) is 5.89 Å². The first-order valence-corrected chi connectivity index (χ1v) is 8.11. The fourth-order valence-corrected chi connectivity index (χ4v) is 4.07. The van der Waals surface area contributed by atoms with Crippen LogP contribution in [0.1, 0.15) is 51.3 Å². The standard InChI is InChI=1S/C14H16N4O2S/c19-12(11-7-8-3-1-5-10(8)21-11)16-14-18-17-13(20-14)9-4-2-6-15-9/h7,9,15H,1-6H2,(H,16,18,19). The summed E-state index contributed by atoms with van der Waals surface area (Å²) in [6.07, 6.45) is 5.47. The number of hydrogen-bond acceptors (Lipinski definition) is 6. The van der Waals surface area contributed by atoms with Gasteiger partial charge in [0, 0.05) is 4.88 Å². The van der Waals surface area contributed by atoms with Crippen LogP contribution in [-0.4, -0.2) is 22.6 Å². The quantitative estimate of drug-likeness (QED) is 0.909. The minimum absolute atomic E-state index is 0.119. The van der Waals surface area contributed by atoms with E-state index in [9.17, 15) is 4.79 Å². The Morgan fingerprint density at radius 1 is 1.38 bits per heavy atom. The summed E-state index contributed by atoms with van der Waals surface area (Å²) < 4.78 is 5.53. The molecule has 4 rings (SSSR count). The number of aryl methyl sites for hydroxylation is 2. The first-order chi connectivity index (χ1) is 10.3. The molecule has 1 amide bonds. The molecular weight excluding hydrogens is 288 g/mol. The molecule has 0 aromatic carbocycles. The van der Waals surface area contributed by atoms with Crippen LogP contribution in [0.3, 0.4) is 0 Å². The van der Waals surface area contributed by atoms with Gasteiger partial charge in [-0.2, -0.15) is 0 Å². The third kappa shape index (κ3) is 2.47.